The molecule has 2 rings (SSSR count). The molecule has 9 nitrogen and oxygen atoms in total. The molecular weight excluding hydrogens is 385 g/mol. The van der Waals surface area contributed by atoms with Crippen LogP contribution >= 0.6 is 7.60 Å². The molecule has 1 atom stereocenters. The predicted octanol–water partition coefficient (Wildman–Crippen LogP) is 1.27. The van der Waals surface area contributed by atoms with Gasteiger partial charge in [-0.3, -0.25) is 9.36 Å². The van der Waals surface area contributed by atoms with Gasteiger partial charge in [-0.15, -0.1) is 0 Å². The van der Waals surface area contributed by atoms with Gasteiger partial charge in [-0.2, -0.15) is 0 Å². The lowest BCUT2D eigenvalue weighted by Crippen LogP contribution is -2.54. The van der Waals surface area contributed by atoms with E-state index in [1.54, 1.807) is 43.0 Å². The van der Waals surface area contributed by atoms with Crippen LogP contribution in [-0.2, 0) is 24.8 Å². The Morgan fingerprint density at radius 2 is 1.57 bits per heavy atom. The molecule has 1 aromatic rings. The number of carbonyl (C=O) groups is 2. The first-order chi connectivity index (χ1) is 13.3. The summed E-state index contributed by atoms with van der Waals surface area (Å²) in [5, 5.41) is 9.44. The van der Waals surface area contributed by atoms with Crippen molar-refractivity contribution in [3.05, 3.63) is 29.8 Å². The zero-order chi connectivity index (χ0) is 20.7. The highest BCUT2D eigenvalue weighted by atomic mass is 31.2. The molecule has 1 aromatic carbocycles. The van der Waals surface area contributed by atoms with Crippen LogP contribution in [0.15, 0.2) is 24.3 Å². The van der Waals surface area contributed by atoms with Crippen LogP contribution in [0.25, 0.3) is 0 Å². The van der Waals surface area contributed by atoms with Crippen molar-refractivity contribution in [3.63, 3.8) is 0 Å². The van der Waals surface area contributed by atoms with Crippen molar-refractivity contribution in [1.82, 2.24) is 9.80 Å². The van der Waals surface area contributed by atoms with Crippen molar-refractivity contribution < 1.29 is 28.3 Å². The van der Waals surface area contributed by atoms with Gasteiger partial charge in [0.25, 0.3) is 0 Å². The zero-order valence-electron chi connectivity index (χ0n) is 16.2. The van der Waals surface area contributed by atoms with Crippen molar-refractivity contribution in [2.75, 3.05) is 39.4 Å². The second-order valence-corrected chi connectivity index (χ2v) is 8.43. The molecule has 3 N–H and O–H groups in total. The van der Waals surface area contributed by atoms with Gasteiger partial charge in [0.05, 0.1) is 24.6 Å². The van der Waals surface area contributed by atoms with Crippen LogP contribution in [0.2, 0.25) is 0 Å². The molecule has 1 saturated heterocycles. The Morgan fingerprint density at radius 3 is 2.04 bits per heavy atom. The van der Waals surface area contributed by atoms with E-state index < -0.39 is 19.7 Å². The minimum Gasteiger partial charge on any atom is -0.465 e. The normalized spacial score (nSPS) is 16.1. The quantitative estimate of drug-likeness (QED) is 0.615. The van der Waals surface area contributed by atoms with Crippen molar-refractivity contribution >= 4 is 24.9 Å². The summed E-state index contributed by atoms with van der Waals surface area (Å²) in [6.07, 6.45) is -0.654. The first-order valence-electron chi connectivity index (χ1n) is 9.31. The van der Waals surface area contributed by atoms with E-state index in [1.807, 2.05) is 0 Å². The molecular formula is C18H28N3O6P. The van der Waals surface area contributed by atoms with Gasteiger partial charge in [0.1, 0.15) is 0 Å². The maximum absolute atomic E-state index is 12.8. The van der Waals surface area contributed by atoms with E-state index in [2.05, 4.69) is 0 Å². The fourth-order valence-corrected chi connectivity index (χ4v) is 4.60. The summed E-state index contributed by atoms with van der Waals surface area (Å²) in [5.41, 5.74) is 6.90. The monoisotopic (exact) mass is 413 g/mol. The highest BCUT2D eigenvalue weighted by Gasteiger charge is 2.28. The van der Waals surface area contributed by atoms with Gasteiger partial charge in [-0.25, -0.2) is 4.79 Å². The summed E-state index contributed by atoms with van der Waals surface area (Å²) in [5.74, 6) is -0.205. The third-order valence-electron chi connectivity index (χ3n) is 4.49. The Balaban J connectivity index is 1.97. The van der Waals surface area contributed by atoms with Gasteiger partial charge in [0, 0.05) is 26.2 Å². The van der Waals surface area contributed by atoms with E-state index >= 15 is 0 Å². The molecule has 28 heavy (non-hydrogen) atoms. The molecule has 0 bridgehead atoms. The Kier molecular flexibility index (Phi) is 8.00. The Labute approximate surface area is 164 Å². The number of benzene rings is 1. The number of piperazine rings is 1. The van der Waals surface area contributed by atoms with E-state index in [1.165, 1.54) is 4.90 Å². The molecule has 0 spiro atoms. The van der Waals surface area contributed by atoms with Gasteiger partial charge in [0.15, 0.2) is 0 Å². The van der Waals surface area contributed by atoms with Gasteiger partial charge in [-0.05, 0) is 38.0 Å². The van der Waals surface area contributed by atoms with E-state index in [0.717, 1.165) is 5.56 Å². The van der Waals surface area contributed by atoms with Gasteiger partial charge in [-0.1, -0.05) is 12.1 Å². The number of carboxylic acid groups (broad SMARTS) is 1. The molecule has 1 fully saturated rings. The molecule has 0 unspecified atom stereocenters. The van der Waals surface area contributed by atoms with Crippen molar-refractivity contribution in [1.29, 1.82) is 0 Å². The minimum atomic E-state index is -3.34. The minimum absolute atomic E-state index is 0.205. The maximum atomic E-state index is 12.8. The summed E-state index contributed by atoms with van der Waals surface area (Å²) in [4.78, 5) is 26.3. The van der Waals surface area contributed by atoms with Crippen LogP contribution in [0.4, 0.5) is 4.79 Å². The first kappa shape index (κ1) is 22.4. The number of rotatable bonds is 8. The van der Waals surface area contributed by atoms with Crippen LogP contribution in [0.3, 0.4) is 0 Å². The number of nitrogens with two attached hydrogens (primary N) is 1. The van der Waals surface area contributed by atoms with E-state index in [9.17, 15) is 14.2 Å². The molecule has 0 aliphatic carbocycles. The Bertz CT molecular complexity index is 709. The molecule has 1 aliphatic heterocycles. The lowest BCUT2D eigenvalue weighted by Gasteiger charge is -2.34. The summed E-state index contributed by atoms with van der Waals surface area (Å²) in [7, 11) is -3.34. The van der Waals surface area contributed by atoms with E-state index in [0.29, 0.717) is 24.8 Å². The lowest BCUT2D eigenvalue weighted by atomic mass is 10.1. The number of carbonyl (C=O) groups excluding carboxylic acids is 1. The summed E-state index contributed by atoms with van der Waals surface area (Å²) >= 11 is 0. The van der Waals surface area contributed by atoms with Gasteiger partial charge >= 0.3 is 13.7 Å². The van der Waals surface area contributed by atoms with Crippen LogP contribution in [0.1, 0.15) is 19.4 Å². The SMILES string of the molecule is CCOP(=O)(OCC)c1ccc(C[C@H](N)C(=O)N2CCN(C(=O)O)CC2)cc1. The second kappa shape index (κ2) is 10.0. The molecule has 156 valence electrons. The van der Waals surface area contributed by atoms with E-state index in [4.69, 9.17) is 19.9 Å². The molecule has 0 radical (unpaired) electrons. The van der Waals surface area contributed by atoms with Crippen molar-refractivity contribution in [2.24, 2.45) is 5.73 Å². The van der Waals surface area contributed by atoms with Crippen LogP contribution in [-0.4, -0.2) is 72.3 Å². The summed E-state index contributed by atoms with van der Waals surface area (Å²) < 4.78 is 23.4. The third kappa shape index (κ3) is 5.54. The second-order valence-electron chi connectivity index (χ2n) is 6.40. The first-order valence-corrected chi connectivity index (χ1v) is 10.9. The molecule has 1 aliphatic rings. The number of nitrogens with zero attached hydrogens (tertiary/aromatic N) is 2. The molecule has 0 saturated carbocycles. The third-order valence-corrected chi connectivity index (χ3v) is 6.61. The lowest BCUT2D eigenvalue weighted by molar-refractivity contribution is -0.134. The number of amides is 2. The molecule has 1 heterocycles. The zero-order valence-corrected chi connectivity index (χ0v) is 17.1. The Hall–Kier alpha value is -1.93. The fourth-order valence-electron chi connectivity index (χ4n) is 3.03. The highest BCUT2D eigenvalue weighted by Crippen LogP contribution is 2.46. The molecule has 0 aromatic heterocycles. The number of hydrogen-bond donors (Lipinski definition) is 2. The number of hydrogen-bond acceptors (Lipinski definition) is 6. The highest BCUT2D eigenvalue weighted by molar-refractivity contribution is 7.62. The standard InChI is InChI=1S/C18H28N3O6P/c1-3-26-28(25,27-4-2)15-7-5-14(6-8-15)13-16(19)17(22)20-9-11-21(12-10-20)18(23)24/h5-8,16H,3-4,9-13,19H2,1-2H3,(H,23,24)/t16-/m0/s1. The average Bonchev–Trinajstić information content (AvgIpc) is 2.68. The van der Waals surface area contributed by atoms with Crippen LogP contribution in [0.5, 0.6) is 0 Å². The maximum Gasteiger partial charge on any atom is 0.407 e. The smallest absolute Gasteiger partial charge is 0.407 e. The van der Waals surface area contributed by atoms with Crippen molar-refractivity contribution in [2.45, 2.75) is 26.3 Å². The molecule has 2 amide bonds. The van der Waals surface area contributed by atoms with Crippen LogP contribution in [0, 0.1) is 0 Å². The van der Waals surface area contributed by atoms with Crippen LogP contribution < -0.4 is 11.0 Å². The van der Waals surface area contributed by atoms with Crippen molar-refractivity contribution in [3.8, 4) is 0 Å². The Morgan fingerprint density at radius 1 is 1.07 bits per heavy atom. The fraction of sp³-hybridized carbons (Fsp3) is 0.556. The topological polar surface area (TPSA) is 122 Å². The van der Waals surface area contributed by atoms with Gasteiger partial charge < -0.3 is 29.7 Å². The predicted molar refractivity (Wildman–Crippen MR) is 105 cm³/mol. The van der Waals surface area contributed by atoms with Gasteiger partial charge in [0.2, 0.25) is 5.91 Å². The largest absolute Gasteiger partial charge is 0.465 e. The van der Waals surface area contributed by atoms with E-state index in [-0.39, 0.29) is 32.2 Å². The summed E-state index contributed by atoms with van der Waals surface area (Å²) in [6, 6.07) is 6.13. The molecule has 10 heteroatoms. The summed E-state index contributed by atoms with van der Waals surface area (Å²) in [6.45, 7) is 5.29. The average molecular weight is 413 g/mol.